The van der Waals surface area contributed by atoms with E-state index >= 15 is 0 Å². The molecule has 1 unspecified atom stereocenters. The summed E-state index contributed by atoms with van der Waals surface area (Å²) in [5.74, 6) is 2.10. The lowest BCUT2D eigenvalue weighted by molar-refractivity contribution is 0.262. The third kappa shape index (κ3) is 4.62. The minimum Gasteiger partial charge on any atom is -0.493 e. The summed E-state index contributed by atoms with van der Waals surface area (Å²) in [6.45, 7) is 7.29. The maximum Gasteiger partial charge on any atom is 0.189 e. The number of para-hydroxylation sites is 1. The number of benzene rings is 1. The molecule has 0 spiro atoms. The molecular weight excluding hydrogens is 431 g/mol. The first-order valence-corrected chi connectivity index (χ1v) is 8.13. The maximum absolute atomic E-state index is 6.08. The number of nitrogens with one attached hydrogen (secondary N) is 1. The summed E-state index contributed by atoms with van der Waals surface area (Å²) in [6, 6.07) is 8.11. The van der Waals surface area contributed by atoms with Crippen LogP contribution >= 0.6 is 24.0 Å². The van der Waals surface area contributed by atoms with Crippen molar-refractivity contribution in [2.45, 2.75) is 45.3 Å². The fourth-order valence-corrected chi connectivity index (χ4v) is 2.81. The van der Waals surface area contributed by atoms with E-state index in [-0.39, 0.29) is 35.6 Å². The third-order valence-electron chi connectivity index (χ3n) is 3.93. The Morgan fingerprint density at radius 2 is 2.16 bits per heavy atom. The summed E-state index contributed by atoms with van der Waals surface area (Å²) in [7, 11) is 0. The van der Waals surface area contributed by atoms with Gasteiger partial charge in [0.25, 0.3) is 0 Å². The van der Waals surface area contributed by atoms with Gasteiger partial charge in [0.05, 0.1) is 18.2 Å². The number of hydrogen-bond donors (Lipinski definition) is 2. The van der Waals surface area contributed by atoms with Gasteiger partial charge in [0.15, 0.2) is 5.96 Å². The molecule has 2 heterocycles. The maximum atomic E-state index is 6.08. The molecule has 0 radical (unpaired) electrons. The highest BCUT2D eigenvalue weighted by atomic mass is 127. The lowest BCUT2D eigenvalue weighted by atomic mass is 10.0. The van der Waals surface area contributed by atoms with Crippen molar-refractivity contribution in [3.05, 3.63) is 42.0 Å². The molecule has 0 saturated heterocycles. The molecule has 3 N–H and O–H groups in total. The van der Waals surface area contributed by atoms with E-state index in [4.69, 9.17) is 10.5 Å². The minimum absolute atomic E-state index is 0. The molecule has 0 aliphatic carbocycles. The molecule has 25 heavy (non-hydrogen) atoms. The van der Waals surface area contributed by atoms with Crippen molar-refractivity contribution >= 4 is 29.9 Å². The van der Waals surface area contributed by atoms with E-state index in [1.54, 1.807) is 6.33 Å². The summed E-state index contributed by atoms with van der Waals surface area (Å²) in [5, 5.41) is 7.56. The number of aromatic nitrogens is 3. The molecule has 7 nitrogen and oxygen atoms in total. The molecule has 3 rings (SSSR count). The van der Waals surface area contributed by atoms with Crippen LogP contribution in [0, 0.1) is 0 Å². The standard InChI is InChI=1S/C17H24N6O.HI/c1-17(2,3)23-15(20-11-21-23)10-19-16(18)22-13-8-9-24-14-7-5-4-6-12(13)14;/h4-7,11,13H,8-10H2,1-3H3,(H3,18,19,22);1H. The molecule has 2 aromatic rings. The van der Waals surface area contributed by atoms with E-state index in [1.165, 1.54) is 0 Å². The Morgan fingerprint density at radius 1 is 1.40 bits per heavy atom. The predicted molar refractivity (Wildman–Crippen MR) is 108 cm³/mol. The van der Waals surface area contributed by atoms with Crippen LogP contribution in [-0.2, 0) is 12.1 Å². The number of nitrogens with zero attached hydrogens (tertiary/aromatic N) is 4. The van der Waals surface area contributed by atoms with Gasteiger partial charge in [-0.25, -0.2) is 14.7 Å². The van der Waals surface area contributed by atoms with Crippen LogP contribution in [0.4, 0.5) is 0 Å². The number of hydrogen-bond acceptors (Lipinski definition) is 4. The lowest BCUT2D eigenvalue weighted by Crippen LogP contribution is -2.37. The average molecular weight is 456 g/mol. The highest BCUT2D eigenvalue weighted by Crippen LogP contribution is 2.31. The largest absolute Gasteiger partial charge is 0.493 e. The van der Waals surface area contributed by atoms with Gasteiger partial charge >= 0.3 is 0 Å². The second-order valence-electron chi connectivity index (χ2n) is 6.83. The molecule has 0 bridgehead atoms. The Balaban J connectivity index is 0.00000225. The van der Waals surface area contributed by atoms with E-state index < -0.39 is 0 Å². The number of ether oxygens (including phenoxy) is 1. The zero-order chi connectivity index (χ0) is 17.2. The second-order valence-corrected chi connectivity index (χ2v) is 6.83. The number of halogens is 1. The van der Waals surface area contributed by atoms with Crippen LogP contribution in [0.1, 0.15) is 44.6 Å². The first-order chi connectivity index (χ1) is 11.4. The van der Waals surface area contributed by atoms with Crippen molar-refractivity contribution in [2.24, 2.45) is 10.7 Å². The van der Waals surface area contributed by atoms with Gasteiger partial charge in [0.2, 0.25) is 0 Å². The number of nitrogens with two attached hydrogens (primary N) is 1. The zero-order valence-electron chi connectivity index (χ0n) is 14.8. The molecular formula is C17H25IN6O. The summed E-state index contributed by atoms with van der Waals surface area (Å²) < 4.78 is 7.53. The van der Waals surface area contributed by atoms with Gasteiger partial charge in [-0.2, -0.15) is 5.10 Å². The van der Waals surface area contributed by atoms with E-state index in [9.17, 15) is 0 Å². The van der Waals surface area contributed by atoms with Crippen molar-refractivity contribution < 1.29 is 4.74 Å². The number of rotatable bonds is 3. The normalized spacial score (nSPS) is 17.2. The summed E-state index contributed by atoms with van der Waals surface area (Å²) in [6.07, 6.45) is 2.40. The van der Waals surface area contributed by atoms with E-state index in [2.05, 4.69) is 47.2 Å². The Kier molecular flexibility index (Phi) is 6.26. The van der Waals surface area contributed by atoms with Crippen molar-refractivity contribution in [2.75, 3.05) is 6.61 Å². The monoisotopic (exact) mass is 456 g/mol. The van der Waals surface area contributed by atoms with Crippen molar-refractivity contribution in [3.63, 3.8) is 0 Å². The third-order valence-corrected chi connectivity index (χ3v) is 3.93. The minimum atomic E-state index is -0.136. The molecule has 1 aromatic carbocycles. The number of guanidine groups is 1. The van der Waals surface area contributed by atoms with E-state index in [0.29, 0.717) is 19.1 Å². The van der Waals surface area contributed by atoms with Crippen molar-refractivity contribution in [3.8, 4) is 5.75 Å². The van der Waals surface area contributed by atoms with Gasteiger partial charge in [0, 0.05) is 12.0 Å². The highest BCUT2D eigenvalue weighted by molar-refractivity contribution is 14.0. The van der Waals surface area contributed by atoms with Gasteiger partial charge in [-0.1, -0.05) is 18.2 Å². The molecule has 1 atom stereocenters. The average Bonchev–Trinajstić information content (AvgIpc) is 3.02. The molecule has 0 amide bonds. The summed E-state index contributed by atoms with van der Waals surface area (Å²) >= 11 is 0. The molecule has 0 fully saturated rings. The molecule has 1 aliphatic heterocycles. The van der Waals surface area contributed by atoms with Gasteiger partial charge in [0.1, 0.15) is 24.4 Å². The highest BCUT2D eigenvalue weighted by Gasteiger charge is 2.21. The van der Waals surface area contributed by atoms with Crippen LogP contribution in [-0.4, -0.2) is 27.3 Å². The molecule has 1 aliphatic rings. The topological polar surface area (TPSA) is 90.4 Å². The Labute approximate surface area is 165 Å². The van der Waals surface area contributed by atoms with E-state index in [0.717, 1.165) is 23.6 Å². The quantitative estimate of drug-likeness (QED) is 0.421. The van der Waals surface area contributed by atoms with Crippen molar-refractivity contribution in [1.29, 1.82) is 0 Å². The SMILES string of the molecule is CC(C)(C)n1ncnc1CN=C(N)NC1CCOc2ccccc21.I. The van der Waals surface area contributed by atoms with Crippen molar-refractivity contribution in [1.82, 2.24) is 20.1 Å². The second kappa shape index (κ2) is 8.03. The van der Waals surface area contributed by atoms with Crippen LogP contribution in [0.15, 0.2) is 35.6 Å². The Morgan fingerprint density at radius 3 is 2.92 bits per heavy atom. The summed E-state index contributed by atoms with van der Waals surface area (Å²) in [4.78, 5) is 8.71. The predicted octanol–water partition coefficient (Wildman–Crippen LogP) is 2.58. The zero-order valence-corrected chi connectivity index (χ0v) is 17.1. The fraction of sp³-hybridized carbons (Fsp3) is 0.471. The van der Waals surface area contributed by atoms with Crippen LogP contribution < -0.4 is 15.8 Å². The van der Waals surface area contributed by atoms with Gasteiger partial charge in [-0.3, -0.25) is 0 Å². The summed E-state index contributed by atoms with van der Waals surface area (Å²) in [5.41, 5.74) is 7.05. The van der Waals surface area contributed by atoms with Crippen LogP contribution in [0.3, 0.4) is 0 Å². The van der Waals surface area contributed by atoms with Gasteiger partial charge in [-0.05, 0) is 26.8 Å². The molecule has 136 valence electrons. The number of aliphatic imine (C=N–C) groups is 1. The lowest BCUT2D eigenvalue weighted by Gasteiger charge is -2.27. The first-order valence-electron chi connectivity index (χ1n) is 8.13. The van der Waals surface area contributed by atoms with Crippen LogP contribution in [0.5, 0.6) is 5.75 Å². The van der Waals surface area contributed by atoms with Gasteiger partial charge < -0.3 is 15.8 Å². The van der Waals surface area contributed by atoms with Crippen LogP contribution in [0.25, 0.3) is 0 Å². The van der Waals surface area contributed by atoms with Gasteiger partial charge in [-0.15, -0.1) is 24.0 Å². The molecule has 8 heteroatoms. The molecule has 1 aromatic heterocycles. The molecule has 0 saturated carbocycles. The van der Waals surface area contributed by atoms with E-state index in [1.807, 2.05) is 22.9 Å². The Hall–Kier alpha value is -1.84. The first kappa shape index (κ1) is 19.5. The smallest absolute Gasteiger partial charge is 0.189 e. The fourth-order valence-electron chi connectivity index (χ4n) is 2.81. The van der Waals surface area contributed by atoms with Crippen LogP contribution in [0.2, 0.25) is 0 Å². The Bertz CT molecular complexity index is 737. The number of fused-ring (bicyclic) bond motifs is 1.